The SMILES string of the molecule is C=CCc1ccccc1OCCCn1c(CCNC(=O)c2ccc(C)cc2)nc2ccccc21. The van der Waals surface area contributed by atoms with Gasteiger partial charge in [-0.2, -0.15) is 0 Å². The summed E-state index contributed by atoms with van der Waals surface area (Å²) in [6, 6.07) is 23.9. The quantitative estimate of drug-likeness (QED) is 0.240. The molecule has 0 aliphatic heterocycles. The number of rotatable bonds is 11. The molecule has 5 heteroatoms. The van der Waals surface area contributed by atoms with Crippen LogP contribution in [0.5, 0.6) is 5.75 Å². The number of benzene rings is 3. The molecule has 1 aromatic heterocycles. The first kappa shape index (κ1) is 23.3. The molecule has 0 aliphatic rings. The second kappa shape index (κ2) is 11.3. The second-order valence-electron chi connectivity index (χ2n) is 8.34. The van der Waals surface area contributed by atoms with Gasteiger partial charge in [0.2, 0.25) is 0 Å². The molecule has 0 spiro atoms. The Bertz CT molecular complexity index is 1260. The van der Waals surface area contributed by atoms with Crippen molar-refractivity contribution in [1.82, 2.24) is 14.9 Å². The van der Waals surface area contributed by atoms with E-state index in [2.05, 4.69) is 28.6 Å². The van der Waals surface area contributed by atoms with Crippen molar-refractivity contribution in [2.24, 2.45) is 0 Å². The maximum atomic E-state index is 12.5. The van der Waals surface area contributed by atoms with Crippen molar-refractivity contribution in [3.63, 3.8) is 0 Å². The first-order valence-corrected chi connectivity index (χ1v) is 11.8. The summed E-state index contributed by atoms with van der Waals surface area (Å²) in [6.07, 6.45) is 4.20. The van der Waals surface area contributed by atoms with Crippen LogP contribution in [0.3, 0.4) is 0 Å². The van der Waals surface area contributed by atoms with Crippen LogP contribution in [-0.2, 0) is 19.4 Å². The molecule has 0 unspecified atom stereocenters. The third-order valence-electron chi connectivity index (χ3n) is 5.80. The normalized spacial score (nSPS) is 10.9. The number of aromatic nitrogens is 2. The van der Waals surface area contributed by atoms with Gasteiger partial charge in [-0.15, -0.1) is 6.58 Å². The van der Waals surface area contributed by atoms with Crippen LogP contribution in [0.2, 0.25) is 0 Å². The predicted molar refractivity (Wildman–Crippen MR) is 137 cm³/mol. The third-order valence-corrected chi connectivity index (χ3v) is 5.80. The predicted octanol–water partition coefficient (Wildman–Crippen LogP) is 5.51. The molecule has 1 heterocycles. The van der Waals surface area contributed by atoms with Crippen LogP contribution in [0.15, 0.2) is 85.5 Å². The van der Waals surface area contributed by atoms with E-state index < -0.39 is 0 Å². The number of nitrogens with one attached hydrogen (secondary N) is 1. The number of carbonyl (C=O) groups is 1. The molecule has 3 aromatic carbocycles. The van der Waals surface area contributed by atoms with Crippen molar-refractivity contribution >= 4 is 16.9 Å². The molecule has 34 heavy (non-hydrogen) atoms. The van der Waals surface area contributed by atoms with Crippen molar-refractivity contribution in [3.8, 4) is 5.75 Å². The minimum Gasteiger partial charge on any atom is -0.493 e. The molecule has 4 aromatic rings. The van der Waals surface area contributed by atoms with Gasteiger partial charge in [0.25, 0.3) is 5.91 Å². The summed E-state index contributed by atoms with van der Waals surface area (Å²) in [5.74, 6) is 1.82. The van der Waals surface area contributed by atoms with Gasteiger partial charge in [0, 0.05) is 25.1 Å². The fraction of sp³-hybridized carbons (Fsp3) is 0.241. The molecule has 0 fully saturated rings. The summed E-state index contributed by atoms with van der Waals surface area (Å²) in [5, 5.41) is 3.02. The molecule has 1 N–H and O–H groups in total. The van der Waals surface area contributed by atoms with E-state index in [0.29, 0.717) is 25.1 Å². The standard InChI is InChI=1S/C29H31N3O2/c1-3-9-23-10-4-7-13-27(23)34-21-8-20-32-26-12-6-5-11-25(26)31-28(32)18-19-30-29(33)24-16-14-22(2)15-17-24/h3-7,10-17H,1,8-9,18-21H2,2H3,(H,30,33). The smallest absolute Gasteiger partial charge is 0.251 e. The van der Waals surface area contributed by atoms with E-state index in [1.807, 2.05) is 73.7 Å². The van der Waals surface area contributed by atoms with Crippen LogP contribution in [0.25, 0.3) is 11.0 Å². The Morgan fingerprint density at radius 3 is 2.65 bits per heavy atom. The largest absolute Gasteiger partial charge is 0.493 e. The third kappa shape index (κ3) is 5.73. The van der Waals surface area contributed by atoms with Crippen molar-refractivity contribution in [3.05, 3.63) is 108 Å². The molecule has 174 valence electrons. The number of nitrogens with zero attached hydrogens (tertiary/aromatic N) is 2. The zero-order chi connectivity index (χ0) is 23.8. The average Bonchev–Trinajstić information content (AvgIpc) is 3.20. The van der Waals surface area contributed by atoms with E-state index >= 15 is 0 Å². The van der Waals surface area contributed by atoms with Gasteiger partial charge in [0.05, 0.1) is 17.6 Å². The van der Waals surface area contributed by atoms with Gasteiger partial charge in [-0.3, -0.25) is 4.79 Å². The minimum atomic E-state index is -0.0609. The molecule has 0 aliphatic carbocycles. The maximum Gasteiger partial charge on any atom is 0.251 e. The maximum absolute atomic E-state index is 12.5. The topological polar surface area (TPSA) is 56.1 Å². The lowest BCUT2D eigenvalue weighted by molar-refractivity contribution is 0.0954. The van der Waals surface area contributed by atoms with E-state index in [4.69, 9.17) is 9.72 Å². The number of allylic oxidation sites excluding steroid dienone is 1. The van der Waals surface area contributed by atoms with E-state index in [-0.39, 0.29) is 5.91 Å². The number of hydrogen-bond acceptors (Lipinski definition) is 3. The molecule has 1 amide bonds. The van der Waals surface area contributed by atoms with Gasteiger partial charge in [0.1, 0.15) is 11.6 Å². The summed E-state index contributed by atoms with van der Waals surface area (Å²) < 4.78 is 8.31. The number of hydrogen-bond donors (Lipinski definition) is 1. The lowest BCUT2D eigenvalue weighted by atomic mass is 10.1. The number of amides is 1. The molecule has 0 saturated heterocycles. The average molecular weight is 454 g/mol. The molecule has 4 rings (SSSR count). The van der Waals surface area contributed by atoms with Crippen molar-refractivity contribution in [2.75, 3.05) is 13.2 Å². The van der Waals surface area contributed by atoms with Gasteiger partial charge < -0.3 is 14.6 Å². The fourth-order valence-corrected chi connectivity index (χ4v) is 4.03. The molecule has 0 bridgehead atoms. The fourth-order valence-electron chi connectivity index (χ4n) is 4.03. The Balaban J connectivity index is 1.37. The van der Waals surface area contributed by atoms with Crippen LogP contribution in [0.4, 0.5) is 0 Å². The van der Waals surface area contributed by atoms with Crippen LogP contribution in [0, 0.1) is 6.92 Å². The Kier molecular flexibility index (Phi) is 7.76. The van der Waals surface area contributed by atoms with Gasteiger partial charge >= 0.3 is 0 Å². The number of fused-ring (bicyclic) bond motifs is 1. The van der Waals surface area contributed by atoms with Crippen LogP contribution in [-0.4, -0.2) is 28.6 Å². The summed E-state index contributed by atoms with van der Waals surface area (Å²) in [7, 11) is 0. The van der Waals surface area contributed by atoms with Crippen molar-refractivity contribution in [1.29, 1.82) is 0 Å². The second-order valence-corrected chi connectivity index (χ2v) is 8.34. The number of ether oxygens (including phenoxy) is 1. The Hall–Kier alpha value is -3.86. The highest BCUT2D eigenvalue weighted by molar-refractivity contribution is 5.94. The lowest BCUT2D eigenvalue weighted by Crippen LogP contribution is -2.26. The Labute approximate surface area is 201 Å². The molecular weight excluding hydrogens is 422 g/mol. The molecule has 0 atom stereocenters. The van der Waals surface area contributed by atoms with Crippen LogP contribution < -0.4 is 10.1 Å². The van der Waals surface area contributed by atoms with Gasteiger partial charge in [-0.1, -0.05) is 54.1 Å². The monoisotopic (exact) mass is 453 g/mol. The molecule has 0 radical (unpaired) electrons. The zero-order valence-electron chi connectivity index (χ0n) is 19.7. The first-order chi connectivity index (χ1) is 16.7. The highest BCUT2D eigenvalue weighted by Crippen LogP contribution is 2.20. The Morgan fingerprint density at radius 2 is 1.82 bits per heavy atom. The van der Waals surface area contributed by atoms with E-state index in [0.717, 1.165) is 53.1 Å². The Morgan fingerprint density at radius 1 is 1.06 bits per heavy atom. The molecular formula is C29H31N3O2. The molecule has 0 saturated carbocycles. The number of imidazole rings is 1. The summed E-state index contributed by atoms with van der Waals surface area (Å²) in [5.41, 5.74) is 5.04. The summed E-state index contributed by atoms with van der Waals surface area (Å²) in [6.45, 7) is 7.78. The number of carbonyl (C=O) groups excluding carboxylic acids is 1. The minimum absolute atomic E-state index is 0.0609. The zero-order valence-corrected chi connectivity index (χ0v) is 19.7. The number of para-hydroxylation sites is 3. The number of aryl methyl sites for hydroxylation is 2. The highest BCUT2D eigenvalue weighted by atomic mass is 16.5. The van der Waals surface area contributed by atoms with Gasteiger partial charge in [0.15, 0.2) is 0 Å². The first-order valence-electron chi connectivity index (χ1n) is 11.8. The van der Waals surface area contributed by atoms with Crippen LogP contribution in [0.1, 0.15) is 33.7 Å². The van der Waals surface area contributed by atoms with E-state index in [9.17, 15) is 4.79 Å². The lowest BCUT2D eigenvalue weighted by Gasteiger charge is -2.13. The van der Waals surface area contributed by atoms with Gasteiger partial charge in [-0.05, 0) is 55.7 Å². The molecule has 5 nitrogen and oxygen atoms in total. The van der Waals surface area contributed by atoms with Crippen LogP contribution >= 0.6 is 0 Å². The summed E-state index contributed by atoms with van der Waals surface area (Å²) in [4.78, 5) is 17.3. The van der Waals surface area contributed by atoms with Crippen molar-refractivity contribution in [2.45, 2.75) is 32.7 Å². The summed E-state index contributed by atoms with van der Waals surface area (Å²) >= 11 is 0. The highest BCUT2D eigenvalue weighted by Gasteiger charge is 2.12. The van der Waals surface area contributed by atoms with Crippen molar-refractivity contribution < 1.29 is 9.53 Å². The van der Waals surface area contributed by atoms with Gasteiger partial charge in [-0.25, -0.2) is 4.98 Å². The van der Waals surface area contributed by atoms with E-state index in [1.165, 1.54) is 0 Å². The van der Waals surface area contributed by atoms with E-state index in [1.54, 1.807) is 0 Å².